The van der Waals surface area contributed by atoms with Gasteiger partial charge in [-0.2, -0.15) is 4.98 Å². The predicted octanol–water partition coefficient (Wildman–Crippen LogP) is 1.29. The van der Waals surface area contributed by atoms with Crippen molar-refractivity contribution in [2.24, 2.45) is 0 Å². The van der Waals surface area contributed by atoms with E-state index in [0.717, 1.165) is 26.2 Å². The number of hydrogen-bond acceptors (Lipinski definition) is 7. The predicted molar refractivity (Wildman–Crippen MR) is 84.0 cm³/mol. The molecule has 22 heavy (non-hydrogen) atoms. The maximum atomic E-state index is 10.7. The van der Waals surface area contributed by atoms with Gasteiger partial charge in [0.05, 0.1) is 4.92 Å². The molecule has 1 aromatic heterocycles. The third-order valence-corrected chi connectivity index (χ3v) is 3.67. The molecule has 0 amide bonds. The van der Waals surface area contributed by atoms with E-state index >= 15 is 0 Å². The highest BCUT2D eigenvalue weighted by Crippen LogP contribution is 2.22. The lowest BCUT2D eigenvalue weighted by Crippen LogP contribution is -2.47. The van der Waals surface area contributed by atoms with Gasteiger partial charge >= 0.3 is 5.69 Å². The quantitative estimate of drug-likeness (QED) is 0.673. The molecule has 1 aliphatic rings. The highest BCUT2D eigenvalue weighted by Gasteiger charge is 2.21. The Morgan fingerprint density at radius 1 is 1.09 bits per heavy atom. The molecular formula is C14H16N6O2. The molecule has 0 atom stereocenters. The molecule has 8 heteroatoms. The highest BCUT2D eigenvalue weighted by molar-refractivity contribution is 5.54. The maximum Gasteiger partial charge on any atom is 0.329 e. The lowest BCUT2D eigenvalue weighted by atomic mass is 10.2. The number of anilines is 3. The van der Waals surface area contributed by atoms with E-state index in [1.807, 2.05) is 23.1 Å². The average molecular weight is 300 g/mol. The van der Waals surface area contributed by atoms with Crippen LogP contribution >= 0.6 is 0 Å². The summed E-state index contributed by atoms with van der Waals surface area (Å²) >= 11 is 0. The van der Waals surface area contributed by atoms with E-state index in [2.05, 4.69) is 27.0 Å². The topological polar surface area (TPSA) is 101 Å². The summed E-state index contributed by atoms with van der Waals surface area (Å²) in [5.41, 5.74) is 6.55. The van der Waals surface area contributed by atoms with Crippen molar-refractivity contribution in [1.82, 2.24) is 9.97 Å². The number of hydrogen-bond donors (Lipinski definition) is 1. The van der Waals surface area contributed by atoms with Crippen LogP contribution in [0.1, 0.15) is 0 Å². The lowest BCUT2D eigenvalue weighted by Gasteiger charge is -2.36. The highest BCUT2D eigenvalue weighted by atomic mass is 16.6. The zero-order valence-corrected chi connectivity index (χ0v) is 11.9. The first-order valence-electron chi connectivity index (χ1n) is 6.97. The zero-order chi connectivity index (χ0) is 15.5. The molecule has 2 heterocycles. The van der Waals surface area contributed by atoms with E-state index in [9.17, 15) is 10.1 Å². The zero-order valence-electron chi connectivity index (χ0n) is 11.9. The third kappa shape index (κ3) is 2.76. The molecule has 114 valence electrons. The van der Waals surface area contributed by atoms with Crippen LogP contribution in [-0.4, -0.2) is 41.1 Å². The van der Waals surface area contributed by atoms with Crippen LogP contribution in [0.15, 0.2) is 36.5 Å². The molecule has 0 radical (unpaired) electrons. The summed E-state index contributed by atoms with van der Waals surface area (Å²) in [6.07, 6.45) is 1.17. The van der Waals surface area contributed by atoms with Crippen molar-refractivity contribution < 1.29 is 4.92 Å². The van der Waals surface area contributed by atoms with Gasteiger partial charge in [0.15, 0.2) is 0 Å². The monoisotopic (exact) mass is 300 g/mol. The van der Waals surface area contributed by atoms with Crippen LogP contribution < -0.4 is 15.5 Å². The normalized spacial score (nSPS) is 14.9. The summed E-state index contributed by atoms with van der Waals surface area (Å²) in [7, 11) is 0. The Balaban J connectivity index is 1.69. The van der Waals surface area contributed by atoms with Crippen LogP contribution in [-0.2, 0) is 0 Å². The molecular weight excluding hydrogens is 284 g/mol. The van der Waals surface area contributed by atoms with Gasteiger partial charge in [0.2, 0.25) is 11.8 Å². The van der Waals surface area contributed by atoms with Crippen LogP contribution in [0.2, 0.25) is 0 Å². The van der Waals surface area contributed by atoms with E-state index in [1.165, 1.54) is 11.9 Å². The fourth-order valence-corrected chi connectivity index (χ4v) is 2.48. The van der Waals surface area contributed by atoms with Gasteiger partial charge in [-0.3, -0.25) is 10.1 Å². The summed E-state index contributed by atoms with van der Waals surface area (Å²) in [4.78, 5) is 22.5. The molecule has 0 spiro atoms. The van der Waals surface area contributed by atoms with Crippen LogP contribution in [0, 0.1) is 10.1 Å². The molecule has 1 aromatic carbocycles. The molecule has 8 nitrogen and oxygen atoms in total. The number of nitro groups is 1. The van der Waals surface area contributed by atoms with Crippen molar-refractivity contribution in [3.05, 3.63) is 46.6 Å². The van der Waals surface area contributed by atoms with Crippen molar-refractivity contribution in [3.63, 3.8) is 0 Å². The van der Waals surface area contributed by atoms with Crippen LogP contribution in [0.25, 0.3) is 0 Å². The van der Waals surface area contributed by atoms with E-state index in [0.29, 0.717) is 5.95 Å². The summed E-state index contributed by atoms with van der Waals surface area (Å²) in [5.74, 6) is 0.344. The first-order valence-corrected chi connectivity index (χ1v) is 6.97. The first kappa shape index (κ1) is 14.1. The van der Waals surface area contributed by atoms with Gasteiger partial charge in [-0.1, -0.05) is 18.2 Å². The average Bonchev–Trinajstić information content (AvgIpc) is 2.55. The fourth-order valence-electron chi connectivity index (χ4n) is 2.48. The van der Waals surface area contributed by atoms with Crippen LogP contribution in [0.4, 0.5) is 23.1 Å². The largest absolute Gasteiger partial charge is 0.378 e. The molecule has 1 saturated heterocycles. The second-order valence-electron chi connectivity index (χ2n) is 5.01. The molecule has 3 rings (SSSR count). The van der Waals surface area contributed by atoms with Crippen molar-refractivity contribution in [2.75, 3.05) is 41.7 Å². The summed E-state index contributed by atoms with van der Waals surface area (Å²) < 4.78 is 0. The summed E-state index contributed by atoms with van der Waals surface area (Å²) in [6, 6.07) is 10.2. The lowest BCUT2D eigenvalue weighted by molar-refractivity contribution is -0.384. The van der Waals surface area contributed by atoms with Gasteiger partial charge in [-0.15, -0.1) is 0 Å². The van der Waals surface area contributed by atoms with Crippen molar-refractivity contribution in [1.29, 1.82) is 0 Å². The van der Waals surface area contributed by atoms with Crippen LogP contribution in [0.3, 0.4) is 0 Å². The van der Waals surface area contributed by atoms with Gasteiger partial charge in [0.25, 0.3) is 0 Å². The number of rotatable bonds is 3. The Labute approximate surface area is 127 Å². The fraction of sp³-hybridized carbons (Fsp3) is 0.286. The van der Waals surface area contributed by atoms with Gasteiger partial charge in [-0.05, 0) is 12.1 Å². The second kappa shape index (κ2) is 5.84. The number of nitrogens with two attached hydrogens (primary N) is 1. The minimum Gasteiger partial charge on any atom is -0.378 e. The Hall–Kier alpha value is -2.90. The van der Waals surface area contributed by atoms with Crippen LogP contribution in [0.5, 0.6) is 0 Å². The van der Waals surface area contributed by atoms with Crippen molar-refractivity contribution in [2.45, 2.75) is 0 Å². The smallest absolute Gasteiger partial charge is 0.329 e. The number of benzene rings is 1. The molecule has 2 aromatic rings. The Morgan fingerprint density at radius 2 is 1.73 bits per heavy atom. The summed E-state index contributed by atoms with van der Waals surface area (Å²) in [6.45, 7) is 3.16. The van der Waals surface area contributed by atoms with Gasteiger partial charge in [0.1, 0.15) is 6.20 Å². The standard InChI is InChI=1S/C14H16N6O2/c15-13-12(20(21)22)10-16-14(17-13)19-8-6-18(7-9-19)11-4-2-1-3-5-11/h1-5,10H,6-9H2,(H2,15,16,17). The number of nitrogen functional groups attached to an aromatic ring is 1. The van der Waals surface area contributed by atoms with E-state index < -0.39 is 4.92 Å². The molecule has 0 aliphatic carbocycles. The molecule has 1 aliphatic heterocycles. The number of para-hydroxylation sites is 1. The van der Waals surface area contributed by atoms with Gasteiger partial charge in [0, 0.05) is 31.9 Å². The van der Waals surface area contributed by atoms with E-state index in [4.69, 9.17) is 5.73 Å². The van der Waals surface area contributed by atoms with Crippen molar-refractivity contribution in [3.8, 4) is 0 Å². The second-order valence-corrected chi connectivity index (χ2v) is 5.01. The third-order valence-electron chi connectivity index (χ3n) is 3.67. The van der Waals surface area contributed by atoms with Crippen molar-refractivity contribution >= 4 is 23.1 Å². The SMILES string of the molecule is Nc1nc(N2CCN(c3ccccc3)CC2)ncc1[N+](=O)[O-]. The number of aromatic nitrogens is 2. The number of nitrogens with zero attached hydrogens (tertiary/aromatic N) is 5. The molecule has 0 bridgehead atoms. The number of piperazine rings is 1. The molecule has 2 N–H and O–H groups in total. The molecule has 0 unspecified atom stereocenters. The van der Waals surface area contributed by atoms with Gasteiger partial charge < -0.3 is 15.5 Å². The minimum absolute atomic E-state index is 0.0968. The minimum atomic E-state index is -0.577. The molecule has 1 fully saturated rings. The Morgan fingerprint density at radius 3 is 2.32 bits per heavy atom. The Kier molecular flexibility index (Phi) is 3.73. The maximum absolute atomic E-state index is 10.7. The summed E-state index contributed by atoms with van der Waals surface area (Å²) in [5, 5.41) is 10.7. The van der Waals surface area contributed by atoms with E-state index in [-0.39, 0.29) is 11.5 Å². The first-order chi connectivity index (χ1) is 10.6. The van der Waals surface area contributed by atoms with Gasteiger partial charge in [-0.25, -0.2) is 4.98 Å². The Bertz CT molecular complexity index is 670. The molecule has 0 saturated carbocycles. The van der Waals surface area contributed by atoms with E-state index in [1.54, 1.807) is 0 Å².